The Hall–Kier alpha value is -1.31. The van der Waals surface area contributed by atoms with Gasteiger partial charge in [0, 0.05) is 11.5 Å². The Balaban J connectivity index is 0.00000441. The number of guanidine groups is 2. The fourth-order valence-electron chi connectivity index (χ4n) is 1.49. The number of rotatable bonds is 7. The molecule has 0 aromatic heterocycles. The molecule has 0 saturated carbocycles. The molecule has 0 atom stereocenters. The van der Waals surface area contributed by atoms with Crippen molar-refractivity contribution in [2.75, 3.05) is 18.9 Å². The molecule has 0 unspecified atom stereocenters. The fraction of sp³-hybridized carbons (Fsp3) is 0.385. The van der Waals surface area contributed by atoms with Crippen LogP contribution >= 0.6 is 35.8 Å². The molecule has 22 heavy (non-hydrogen) atoms. The molecule has 1 aromatic carbocycles. The van der Waals surface area contributed by atoms with Crippen LogP contribution in [0.3, 0.4) is 0 Å². The average molecular weight is 366 g/mol. The summed E-state index contributed by atoms with van der Waals surface area (Å²) in [6, 6.07) is 5.80. The summed E-state index contributed by atoms with van der Waals surface area (Å²) in [5.41, 5.74) is 17.0. The first kappa shape index (κ1) is 20.7. The van der Waals surface area contributed by atoms with E-state index < -0.39 is 0 Å². The predicted octanol–water partition coefficient (Wildman–Crippen LogP) is 1.98. The lowest BCUT2D eigenvalue weighted by molar-refractivity contribution is 0.340. The summed E-state index contributed by atoms with van der Waals surface area (Å²) in [4.78, 5) is 7.66. The van der Waals surface area contributed by atoms with Crippen molar-refractivity contribution in [1.82, 2.24) is 0 Å². The lowest BCUT2D eigenvalue weighted by Crippen LogP contribution is -2.26. The molecule has 0 spiro atoms. The second kappa shape index (κ2) is 11.3. The molecule has 0 fully saturated rings. The summed E-state index contributed by atoms with van der Waals surface area (Å²) in [6.07, 6.45) is 0. The van der Waals surface area contributed by atoms with Crippen LogP contribution in [0.15, 0.2) is 28.2 Å². The zero-order chi connectivity index (χ0) is 15.7. The topological polar surface area (TPSA) is 112 Å². The Bertz CT molecular complexity index is 521. The van der Waals surface area contributed by atoms with Crippen molar-refractivity contribution in [2.45, 2.75) is 12.7 Å². The van der Waals surface area contributed by atoms with Crippen molar-refractivity contribution in [3.8, 4) is 5.75 Å². The molecule has 6 nitrogen and oxygen atoms in total. The van der Waals surface area contributed by atoms with E-state index in [-0.39, 0.29) is 24.3 Å². The zero-order valence-corrected chi connectivity index (χ0v) is 14.7. The van der Waals surface area contributed by atoms with Crippen molar-refractivity contribution in [3.05, 3.63) is 28.8 Å². The van der Waals surface area contributed by atoms with Crippen molar-refractivity contribution >= 4 is 47.7 Å². The van der Waals surface area contributed by atoms with Crippen molar-refractivity contribution in [2.24, 2.45) is 27.2 Å². The van der Waals surface area contributed by atoms with E-state index in [0.717, 1.165) is 17.1 Å². The van der Waals surface area contributed by atoms with E-state index in [1.807, 2.05) is 25.1 Å². The first-order valence-electron chi connectivity index (χ1n) is 6.41. The third kappa shape index (κ3) is 8.21. The molecule has 0 aliphatic heterocycles. The number of halogens is 2. The van der Waals surface area contributed by atoms with E-state index in [4.69, 9.17) is 33.5 Å². The van der Waals surface area contributed by atoms with Crippen LogP contribution in [0.25, 0.3) is 0 Å². The number of ether oxygens (including phenoxy) is 1. The van der Waals surface area contributed by atoms with E-state index >= 15 is 0 Å². The van der Waals surface area contributed by atoms with Crippen LogP contribution in [0.2, 0.25) is 5.02 Å². The number of benzene rings is 1. The van der Waals surface area contributed by atoms with Gasteiger partial charge in [-0.3, -0.25) is 4.99 Å². The third-order valence-corrected chi connectivity index (χ3v) is 3.62. The summed E-state index contributed by atoms with van der Waals surface area (Å²) >= 11 is 7.85. The van der Waals surface area contributed by atoms with Gasteiger partial charge in [-0.2, -0.15) is 16.8 Å². The van der Waals surface area contributed by atoms with Gasteiger partial charge in [-0.15, -0.1) is 12.4 Å². The minimum Gasteiger partial charge on any atom is -0.492 e. The van der Waals surface area contributed by atoms with Gasteiger partial charge in [-0.1, -0.05) is 17.7 Å². The number of aliphatic imine (C=N–C) groups is 2. The first-order chi connectivity index (χ1) is 10.0. The molecule has 0 heterocycles. The molecule has 0 radical (unpaired) electrons. The van der Waals surface area contributed by atoms with Crippen molar-refractivity contribution in [3.63, 3.8) is 0 Å². The highest BCUT2D eigenvalue weighted by molar-refractivity contribution is 7.98. The number of thioether (sulfide) groups is 1. The lowest BCUT2D eigenvalue weighted by Gasteiger charge is -2.07. The predicted molar refractivity (Wildman–Crippen MR) is 98.3 cm³/mol. The fourth-order valence-corrected chi connectivity index (χ4v) is 2.53. The highest BCUT2D eigenvalue weighted by Crippen LogP contribution is 2.27. The zero-order valence-electron chi connectivity index (χ0n) is 12.3. The minimum atomic E-state index is -0.0899. The summed E-state index contributed by atoms with van der Waals surface area (Å²) < 4.78 is 5.39. The summed E-state index contributed by atoms with van der Waals surface area (Å²) in [6.45, 7) is 3.08. The lowest BCUT2D eigenvalue weighted by atomic mass is 10.2. The normalized spacial score (nSPS) is 10.7. The van der Waals surface area contributed by atoms with Crippen LogP contribution < -0.4 is 21.9 Å². The van der Waals surface area contributed by atoms with Crippen LogP contribution in [0.4, 0.5) is 0 Å². The average Bonchev–Trinajstić information content (AvgIpc) is 2.40. The Morgan fingerprint density at radius 3 is 2.64 bits per heavy atom. The molecular formula is C13H21Cl2N5OS. The number of nitrogens with two attached hydrogens (primary N) is 3. The van der Waals surface area contributed by atoms with Gasteiger partial charge in [-0.05, 0) is 24.6 Å². The third-order valence-electron chi connectivity index (χ3n) is 2.32. The van der Waals surface area contributed by atoms with Crippen LogP contribution in [0.5, 0.6) is 5.75 Å². The second-order valence-corrected chi connectivity index (χ2v) is 5.54. The maximum Gasteiger partial charge on any atom is 0.218 e. The first-order valence-corrected chi connectivity index (χ1v) is 7.94. The van der Waals surface area contributed by atoms with Gasteiger partial charge in [0.05, 0.1) is 18.2 Å². The maximum absolute atomic E-state index is 6.13. The monoisotopic (exact) mass is 365 g/mol. The SMILES string of the molecule is CCOc1ccc(CSCCN=C(N)N=C(N)N)cc1Cl.Cl. The molecule has 0 aliphatic carbocycles. The van der Waals surface area contributed by atoms with Crippen LogP contribution in [-0.2, 0) is 5.75 Å². The largest absolute Gasteiger partial charge is 0.492 e. The molecule has 0 saturated heterocycles. The van der Waals surface area contributed by atoms with E-state index in [0.29, 0.717) is 23.9 Å². The summed E-state index contributed by atoms with van der Waals surface area (Å²) in [5.74, 6) is 2.37. The molecule has 1 aromatic rings. The van der Waals surface area contributed by atoms with Crippen LogP contribution in [0, 0.1) is 0 Å². The number of nitrogens with zero attached hydrogens (tertiary/aromatic N) is 2. The highest BCUT2D eigenvalue weighted by Gasteiger charge is 2.02. The van der Waals surface area contributed by atoms with E-state index in [9.17, 15) is 0 Å². The van der Waals surface area contributed by atoms with Gasteiger partial charge in [-0.25, -0.2) is 0 Å². The molecular weight excluding hydrogens is 345 g/mol. The molecule has 0 aliphatic rings. The summed E-state index contributed by atoms with van der Waals surface area (Å²) in [5, 5.41) is 0.630. The van der Waals surface area contributed by atoms with Gasteiger partial charge < -0.3 is 21.9 Å². The Kier molecular flexibility index (Phi) is 10.6. The van der Waals surface area contributed by atoms with Crippen LogP contribution in [0.1, 0.15) is 12.5 Å². The highest BCUT2D eigenvalue weighted by atomic mass is 35.5. The minimum absolute atomic E-state index is 0. The number of hydrogen-bond donors (Lipinski definition) is 3. The Morgan fingerprint density at radius 1 is 1.32 bits per heavy atom. The molecule has 1 rings (SSSR count). The van der Waals surface area contributed by atoms with Gasteiger partial charge in [0.1, 0.15) is 5.75 Å². The van der Waals surface area contributed by atoms with Crippen LogP contribution in [-0.4, -0.2) is 30.8 Å². The molecule has 0 amide bonds. The second-order valence-electron chi connectivity index (χ2n) is 4.03. The van der Waals surface area contributed by atoms with Gasteiger partial charge in [0.25, 0.3) is 0 Å². The maximum atomic E-state index is 6.13. The van der Waals surface area contributed by atoms with Gasteiger partial charge in [0.2, 0.25) is 5.96 Å². The Morgan fingerprint density at radius 2 is 2.05 bits per heavy atom. The smallest absolute Gasteiger partial charge is 0.218 e. The quantitative estimate of drug-likeness (QED) is 0.388. The molecule has 124 valence electrons. The Labute approximate surface area is 145 Å². The standard InChI is InChI=1S/C13H20ClN5OS.ClH/c1-2-20-11-4-3-9(7-10(11)14)8-21-6-5-18-13(17)19-12(15)16;/h3-4,7H,2,5-6,8H2,1H3,(H6,15,16,17,18,19);1H. The van der Waals surface area contributed by atoms with E-state index in [1.165, 1.54) is 0 Å². The molecule has 6 N–H and O–H groups in total. The van der Waals surface area contributed by atoms with Gasteiger partial charge >= 0.3 is 0 Å². The van der Waals surface area contributed by atoms with Gasteiger partial charge in [0.15, 0.2) is 5.96 Å². The van der Waals surface area contributed by atoms with E-state index in [1.54, 1.807) is 11.8 Å². The summed E-state index contributed by atoms with van der Waals surface area (Å²) in [7, 11) is 0. The van der Waals surface area contributed by atoms with Crippen molar-refractivity contribution in [1.29, 1.82) is 0 Å². The molecule has 9 heteroatoms. The molecule has 0 bridgehead atoms. The van der Waals surface area contributed by atoms with E-state index in [2.05, 4.69) is 9.98 Å². The van der Waals surface area contributed by atoms with Crippen molar-refractivity contribution < 1.29 is 4.74 Å². The number of hydrogen-bond acceptors (Lipinski definition) is 3.